The lowest BCUT2D eigenvalue weighted by atomic mass is 9.93. The maximum absolute atomic E-state index is 10.3. The van der Waals surface area contributed by atoms with E-state index in [0.717, 1.165) is 150 Å². The van der Waals surface area contributed by atoms with Crippen LogP contribution >= 0.6 is 23.2 Å². The smallest absolute Gasteiger partial charge is 0.165 e. The number of nitriles is 2. The number of rotatable bonds is 33. The van der Waals surface area contributed by atoms with Crippen molar-refractivity contribution in [3.8, 4) is 74.6 Å². The minimum atomic E-state index is -0.660. The van der Waals surface area contributed by atoms with Crippen molar-refractivity contribution in [3.63, 3.8) is 0 Å². The molecule has 6 aromatic carbocycles. The molecule has 23 nitrogen and oxygen atoms in total. The van der Waals surface area contributed by atoms with Gasteiger partial charge in [0.1, 0.15) is 73.1 Å². The number of β-amino-alcohol motifs (C(OH)–C–C–N with tert-alkyl or cyclic N) is 2. The molecule has 3 aliphatic heterocycles. The van der Waals surface area contributed by atoms with E-state index in [9.17, 15) is 25.7 Å². The monoisotopic (exact) mass is 1530 g/mol. The molecule has 2 fully saturated rings. The molecule has 8 aromatic rings. The number of pyridine rings is 2. The number of nitrogens with one attached hydrogen (secondary N) is 1. The molecular weight excluding hydrogens is 1430 g/mol. The quantitative estimate of drug-likeness (QED) is 0.0177. The SMILES string of the molecule is COc1cc(Cl)c(OCc2cccc(-c3cccc(OCCCN4CCC(O)CC4)c3C)c2C)cc1OCc1cncc(C#N)c1.Cc1c(COc2cc(OCc3cncc(C#N)c3)c(C3=NCC(O)CN3CCO)cc2Cl)cccc1-c1cccc(OCCCN2CCC(O)CC2)c1C.NCC(O)CNCCO. The molecule has 0 radical (unpaired) electrons. The molecule has 0 saturated carbocycles. The number of aliphatic hydroxyl groups is 6. The number of halogens is 2. The standard InChI is InChI=1S/C42H48ClN5O6.C37H40ClN3O5.C5H14N2O2/c1-28-32(6-3-7-35(28)36-8-4-9-39(29(36)2)52-17-5-12-47-13-10-33(50)11-14-47)27-54-41-20-40(53-26-31-18-30(21-44)22-45-23-31)37(19-38(41)43)42-46-24-34(51)25-48(42)15-16-49;1-25-29(24-46-35-19-37(36(43-3)18-33(35)38)45-23-28-17-27(20-39)21-40-22-28)7-4-8-31(25)32-9-5-10-34(26(32)2)44-16-6-13-41-14-11-30(42)12-15-41;6-3-5(9)4-7-1-2-8/h3-4,6-9,18-20,22-23,33-34,49-51H,5,10-17,24-27H2,1-2H3;4-5,7-10,17-19,21-22,30,42H,6,11-16,23-24H2,1-3H3;5,7-9H,1-4,6H2. The second-order valence-corrected chi connectivity index (χ2v) is 28.0. The molecular formula is C84H102Cl2N10O13. The number of likely N-dealkylation sites (tertiary alicyclic amines) is 2. The van der Waals surface area contributed by atoms with Gasteiger partial charge < -0.3 is 89.5 Å². The van der Waals surface area contributed by atoms with E-state index >= 15 is 0 Å². The van der Waals surface area contributed by atoms with Gasteiger partial charge in [0.25, 0.3) is 0 Å². The predicted molar refractivity (Wildman–Crippen MR) is 422 cm³/mol. The Bertz CT molecular complexity index is 4350. The van der Waals surface area contributed by atoms with E-state index in [4.69, 9.17) is 77.6 Å². The van der Waals surface area contributed by atoms with E-state index in [1.54, 1.807) is 55.9 Å². The number of nitrogens with zero attached hydrogens (tertiary/aromatic N) is 8. The van der Waals surface area contributed by atoms with Crippen LogP contribution in [0.3, 0.4) is 0 Å². The highest BCUT2D eigenvalue weighted by Crippen LogP contribution is 2.41. The molecule has 2 saturated heterocycles. The number of benzene rings is 6. The van der Waals surface area contributed by atoms with Gasteiger partial charge in [0.2, 0.25) is 0 Å². The molecule has 580 valence electrons. The van der Waals surface area contributed by atoms with E-state index in [2.05, 4.69) is 100 Å². The summed E-state index contributed by atoms with van der Waals surface area (Å²) in [6.07, 6.45) is 10.1. The van der Waals surface area contributed by atoms with Crippen LogP contribution in [-0.4, -0.2) is 198 Å². The van der Waals surface area contributed by atoms with Crippen LogP contribution in [0.5, 0.6) is 40.2 Å². The number of amidine groups is 1. The van der Waals surface area contributed by atoms with Gasteiger partial charge in [-0.3, -0.25) is 15.0 Å². The van der Waals surface area contributed by atoms with E-state index in [0.29, 0.717) is 106 Å². The molecule has 2 unspecified atom stereocenters. The number of piperidine rings is 2. The third kappa shape index (κ3) is 24.7. The van der Waals surface area contributed by atoms with Crippen molar-refractivity contribution in [2.75, 3.05) is 112 Å². The Morgan fingerprint density at radius 2 is 1.00 bits per heavy atom. The minimum Gasteiger partial charge on any atom is -0.493 e. The highest BCUT2D eigenvalue weighted by Gasteiger charge is 2.27. The van der Waals surface area contributed by atoms with Crippen LogP contribution in [0.2, 0.25) is 10.0 Å². The second kappa shape index (κ2) is 43.3. The first kappa shape index (κ1) is 83.9. The van der Waals surface area contributed by atoms with E-state index < -0.39 is 12.2 Å². The Labute approximate surface area is 649 Å². The average Bonchev–Trinajstić information content (AvgIpc) is 0.804. The first-order chi connectivity index (χ1) is 52.9. The zero-order chi connectivity index (χ0) is 77.6. The molecule has 25 heteroatoms. The van der Waals surface area contributed by atoms with Gasteiger partial charge in [0.05, 0.1) is 91.2 Å². The average molecular weight is 1530 g/mol. The third-order valence-corrected chi connectivity index (χ3v) is 19.9. The zero-order valence-corrected chi connectivity index (χ0v) is 64.4. The summed E-state index contributed by atoms with van der Waals surface area (Å²) in [5, 5.41) is 78.8. The Balaban J connectivity index is 0.000000228. The fraction of sp³-hybridized carbons (Fsp3) is 0.417. The van der Waals surface area contributed by atoms with E-state index in [-0.39, 0.29) is 64.9 Å². The maximum Gasteiger partial charge on any atom is 0.165 e. The highest BCUT2D eigenvalue weighted by atomic mass is 35.5. The summed E-state index contributed by atoms with van der Waals surface area (Å²) in [5.41, 5.74) is 18.9. The maximum atomic E-state index is 10.3. The predicted octanol–water partition coefficient (Wildman–Crippen LogP) is 10.9. The van der Waals surface area contributed by atoms with Gasteiger partial charge in [-0.15, -0.1) is 0 Å². The lowest BCUT2D eigenvalue weighted by Gasteiger charge is -2.32. The third-order valence-electron chi connectivity index (χ3n) is 19.3. The summed E-state index contributed by atoms with van der Waals surface area (Å²) in [6.45, 7) is 18.2. The van der Waals surface area contributed by atoms with Gasteiger partial charge in [-0.2, -0.15) is 10.5 Å². The van der Waals surface area contributed by atoms with Crippen LogP contribution in [0.25, 0.3) is 22.3 Å². The Morgan fingerprint density at radius 3 is 1.48 bits per heavy atom. The number of nitrogens with two attached hydrogens (primary N) is 1. The summed E-state index contributed by atoms with van der Waals surface area (Å²) in [6, 6.07) is 39.3. The van der Waals surface area contributed by atoms with Crippen LogP contribution in [-0.2, 0) is 26.4 Å². The fourth-order valence-corrected chi connectivity index (χ4v) is 13.5. The lowest BCUT2D eigenvalue weighted by Crippen LogP contribution is -2.44. The number of hydrogen-bond acceptors (Lipinski definition) is 23. The van der Waals surface area contributed by atoms with Crippen molar-refractivity contribution in [1.29, 1.82) is 10.5 Å². The summed E-state index contributed by atoms with van der Waals surface area (Å²) in [7, 11) is 1.55. The molecule has 2 atom stereocenters. The van der Waals surface area contributed by atoms with Crippen molar-refractivity contribution in [1.82, 2.24) is 30.0 Å². The lowest BCUT2D eigenvalue weighted by molar-refractivity contribution is 0.0797. The van der Waals surface area contributed by atoms with Crippen molar-refractivity contribution >= 4 is 29.0 Å². The summed E-state index contributed by atoms with van der Waals surface area (Å²) in [5.74, 6) is 4.59. The van der Waals surface area contributed by atoms with Crippen LogP contribution in [0, 0.1) is 50.4 Å². The van der Waals surface area contributed by atoms with Gasteiger partial charge in [-0.25, -0.2) is 0 Å². The first-order valence-electron chi connectivity index (χ1n) is 37.0. The second-order valence-electron chi connectivity index (χ2n) is 27.1. The molecule has 0 bridgehead atoms. The Kier molecular flexibility index (Phi) is 33.3. The van der Waals surface area contributed by atoms with Gasteiger partial charge >= 0.3 is 0 Å². The van der Waals surface area contributed by atoms with Crippen molar-refractivity contribution in [2.45, 2.75) is 117 Å². The molecule has 9 N–H and O–H groups in total. The van der Waals surface area contributed by atoms with Gasteiger partial charge in [0, 0.05) is 126 Å². The van der Waals surface area contributed by atoms with Gasteiger partial charge in [-0.05, 0) is 152 Å². The van der Waals surface area contributed by atoms with Crippen molar-refractivity contribution < 1.29 is 63.8 Å². The largest absolute Gasteiger partial charge is 0.493 e. The van der Waals surface area contributed by atoms with E-state index in [1.807, 2.05) is 47.4 Å². The summed E-state index contributed by atoms with van der Waals surface area (Å²) >= 11 is 13.5. The normalized spacial score (nSPS) is 15.1. The van der Waals surface area contributed by atoms with Crippen molar-refractivity contribution in [2.24, 2.45) is 10.7 Å². The zero-order valence-electron chi connectivity index (χ0n) is 62.8. The van der Waals surface area contributed by atoms with Crippen LogP contribution in [0.1, 0.15) is 99.7 Å². The topological polar surface area (TPSA) is 319 Å². The summed E-state index contributed by atoms with van der Waals surface area (Å²) < 4.78 is 43.0. The minimum absolute atomic E-state index is 0.0945. The molecule has 0 spiro atoms. The summed E-state index contributed by atoms with van der Waals surface area (Å²) in [4.78, 5) is 19.5. The number of aliphatic imine (C=N–C) groups is 1. The van der Waals surface area contributed by atoms with E-state index in [1.165, 1.54) is 12.4 Å². The molecule has 5 heterocycles. The molecule has 0 aliphatic carbocycles. The van der Waals surface area contributed by atoms with Crippen LogP contribution in [0.15, 0.2) is 139 Å². The number of aliphatic hydroxyl groups excluding tert-OH is 6. The van der Waals surface area contributed by atoms with Gasteiger partial charge in [-0.1, -0.05) is 83.9 Å². The van der Waals surface area contributed by atoms with Crippen LogP contribution < -0.4 is 44.2 Å². The number of ether oxygens (including phenoxy) is 7. The van der Waals surface area contributed by atoms with Gasteiger partial charge in [0.15, 0.2) is 11.5 Å². The molecule has 0 amide bonds. The Hall–Kier alpha value is -9.15. The fourth-order valence-electron chi connectivity index (χ4n) is 13.0. The first-order valence-corrected chi connectivity index (χ1v) is 37.8. The molecule has 2 aromatic heterocycles. The molecule has 109 heavy (non-hydrogen) atoms. The highest BCUT2D eigenvalue weighted by molar-refractivity contribution is 6.33. The molecule has 11 rings (SSSR count). The van der Waals surface area contributed by atoms with Crippen molar-refractivity contribution in [3.05, 3.63) is 205 Å². The number of aromatic nitrogens is 2. The Morgan fingerprint density at radius 1 is 0.532 bits per heavy atom. The molecule has 3 aliphatic rings. The van der Waals surface area contributed by atoms with Crippen LogP contribution in [0.4, 0.5) is 0 Å². The number of methoxy groups -OCH3 is 1. The number of hydrogen-bond donors (Lipinski definition) is 8.